The van der Waals surface area contributed by atoms with Crippen LogP contribution in [-0.4, -0.2) is 40.9 Å². The minimum Gasteiger partial charge on any atom is -0.390 e. The molecular formula is C18H27NO2. The lowest BCUT2D eigenvalue weighted by molar-refractivity contribution is -0.151. The number of aliphatic hydroxyl groups is 1. The average molecular weight is 289 g/mol. The number of hydrogen-bond donors (Lipinski definition) is 1. The Morgan fingerprint density at radius 2 is 1.81 bits per heavy atom. The van der Waals surface area contributed by atoms with E-state index in [1.165, 1.54) is 5.56 Å². The van der Waals surface area contributed by atoms with Crippen molar-refractivity contribution < 1.29 is 9.84 Å². The second-order valence-corrected chi connectivity index (χ2v) is 7.23. The summed E-state index contributed by atoms with van der Waals surface area (Å²) in [6.45, 7) is 6.87. The SMILES string of the molecule is CC(C)CC1(O)CC2COCC(C1)N2Cc1ccccc1. The third-order valence-corrected chi connectivity index (χ3v) is 4.79. The standard InChI is InChI=1S/C18H27NO2/c1-14(2)8-18(20)9-16-12-21-13-17(10-18)19(16)11-15-6-4-3-5-7-15/h3-7,14,16-17,20H,8-13H2,1-2H3. The molecular weight excluding hydrogens is 262 g/mol. The molecule has 2 fully saturated rings. The summed E-state index contributed by atoms with van der Waals surface area (Å²) in [7, 11) is 0. The van der Waals surface area contributed by atoms with Gasteiger partial charge in [-0.15, -0.1) is 0 Å². The molecule has 21 heavy (non-hydrogen) atoms. The Morgan fingerprint density at radius 1 is 1.19 bits per heavy atom. The van der Waals surface area contributed by atoms with Gasteiger partial charge in [-0.25, -0.2) is 0 Å². The minimum absolute atomic E-state index is 0.349. The summed E-state index contributed by atoms with van der Waals surface area (Å²) in [6.07, 6.45) is 2.59. The van der Waals surface area contributed by atoms with Crippen molar-refractivity contribution in [2.75, 3.05) is 13.2 Å². The van der Waals surface area contributed by atoms with Crippen molar-refractivity contribution >= 4 is 0 Å². The number of fused-ring (bicyclic) bond motifs is 2. The molecule has 0 aliphatic carbocycles. The lowest BCUT2D eigenvalue weighted by Gasteiger charge is -2.52. The predicted molar refractivity (Wildman–Crippen MR) is 84.0 cm³/mol. The van der Waals surface area contributed by atoms with Gasteiger partial charge < -0.3 is 9.84 Å². The largest absolute Gasteiger partial charge is 0.390 e. The Labute approximate surface area is 127 Å². The van der Waals surface area contributed by atoms with E-state index in [0.29, 0.717) is 18.0 Å². The van der Waals surface area contributed by atoms with E-state index in [4.69, 9.17) is 4.74 Å². The molecule has 2 heterocycles. The zero-order valence-electron chi connectivity index (χ0n) is 13.2. The predicted octanol–water partition coefficient (Wildman–Crippen LogP) is 2.83. The van der Waals surface area contributed by atoms with Gasteiger partial charge in [-0.2, -0.15) is 0 Å². The summed E-state index contributed by atoms with van der Waals surface area (Å²) in [4.78, 5) is 2.55. The zero-order chi connectivity index (χ0) is 14.9. The van der Waals surface area contributed by atoms with Crippen molar-refractivity contribution in [1.82, 2.24) is 4.90 Å². The molecule has 2 aliphatic rings. The lowest BCUT2D eigenvalue weighted by Crippen LogP contribution is -2.61. The van der Waals surface area contributed by atoms with Crippen LogP contribution in [0.15, 0.2) is 30.3 Å². The lowest BCUT2D eigenvalue weighted by atomic mass is 9.76. The fourth-order valence-electron chi connectivity index (χ4n) is 4.12. The van der Waals surface area contributed by atoms with Gasteiger partial charge in [0.05, 0.1) is 18.8 Å². The Hall–Kier alpha value is -0.900. The number of benzene rings is 1. The molecule has 3 nitrogen and oxygen atoms in total. The highest BCUT2D eigenvalue weighted by Gasteiger charge is 2.45. The molecule has 2 bridgehead atoms. The highest BCUT2D eigenvalue weighted by molar-refractivity contribution is 5.15. The van der Waals surface area contributed by atoms with Gasteiger partial charge in [0.1, 0.15) is 0 Å². The van der Waals surface area contributed by atoms with E-state index in [-0.39, 0.29) is 0 Å². The van der Waals surface area contributed by atoms with Crippen LogP contribution in [0.5, 0.6) is 0 Å². The van der Waals surface area contributed by atoms with Crippen molar-refractivity contribution in [2.24, 2.45) is 5.92 Å². The van der Waals surface area contributed by atoms with Gasteiger partial charge >= 0.3 is 0 Å². The van der Waals surface area contributed by atoms with Crippen LogP contribution >= 0.6 is 0 Å². The van der Waals surface area contributed by atoms with E-state index in [1.807, 2.05) is 0 Å². The van der Waals surface area contributed by atoms with Crippen LogP contribution in [0.25, 0.3) is 0 Å². The molecule has 3 heteroatoms. The van der Waals surface area contributed by atoms with Crippen LogP contribution in [0.2, 0.25) is 0 Å². The second-order valence-electron chi connectivity index (χ2n) is 7.23. The fraction of sp³-hybridized carbons (Fsp3) is 0.667. The van der Waals surface area contributed by atoms with Gasteiger partial charge in [0.25, 0.3) is 0 Å². The van der Waals surface area contributed by atoms with Gasteiger partial charge in [-0.05, 0) is 30.7 Å². The van der Waals surface area contributed by atoms with E-state index in [9.17, 15) is 5.11 Å². The molecule has 0 amide bonds. The van der Waals surface area contributed by atoms with Gasteiger partial charge in [-0.1, -0.05) is 44.2 Å². The number of morpholine rings is 1. The van der Waals surface area contributed by atoms with E-state index >= 15 is 0 Å². The molecule has 2 saturated heterocycles. The Balaban J connectivity index is 1.73. The van der Waals surface area contributed by atoms with Crippen LogP contribution in [-0.2, 0) is 11.3 Å². The number of rotatable bonds is 4. The highest BCUT2D eigenvalue weighted by atomic mass is 16.5. The maximum absolute atomic E-state index is 10.9. The third kappa shape index (κ3) is 3.47. The minimum atomic E-state index is -0.500. The summed E-state index contributed by atoms with van der Waals surface area (Å²) >= 11 is 0. The van der Waals surface area contributed by atoms with E-state index < -0.39 is 5.60 Å². The molecule has 0 spiro atoms. The number of hydrogen-bond acceptors (Lipinski definition) is 3. The van der Waals surface area contributed by atoms with Crippen LogP contribution in [0, 0.1) is 5.92 Å². The normalized spacial score (nSPS) is 33.3. The molecule has 0 saturated carbocycles. The molecule has 2 unspecified atom stereocenters. The zero-order valence-corrected chi connectivity index (χ0v) is 13.2. The number of nitrogens with zero attached hydrogens (tertiary/aromatic N) is 1. The number of ether oxygens (including phenoxy) is 1. The monoisotopic (exact) mass is 289 g/mol. The van der Waals surface area contributed by atoms with Gasteiger partial charge in [0, 0.05) is 18.6 Å². The quantitative estimate of drug-likeness (QED) is 0.925. The second kappa shape index (κ2) is 6.07. The van der Waals surface area contributed by atoms with Crippen molar-refractivity contribution in [3.05, 3.63) is 35.9 Å². The van der Waals surface area contributed by atoms with Crippen molar-refractivity contribution in [1.29, 1.82) is 0 Å². The molecule has 1 aromatic carbocycles. The van der Waals surface area contributed by atoms with Crippen LogP contribution in [0.1, 0.15) is 38.7 Å². The number of piperidine rings is 1. The molecule has 2 atom stereocenters. The Kier molecular flexibility index (Phi) is 4.34. The first-order chi connectivity index (χ1) is 10.1. The Morgan fingerprint density at radius 3 is 2.38 bits per heavy atom. The summed E-state index contributed by atoms with van der Waals surface area (Å²) in [6, 6.07) is 11.3. The first kappa shape index (κ1) is 15.0. The van der Waals surface area contributed by atoms with E-state index in [2.05, 4.69) is 49.1 Å². The molecule has 0 aromatic heterocycles. The molecule has 3 rings (SSSR count). The topological polar surface area (TPSA) is 32.7 Å². The summed E-state index contributed by atoms with van der Waals surface area (Å²) in [5.74, 6) is 0.539. The van der Waals surface area contributed by atoms with Gasteiger partial charge in [-0.3, -0.25) is 4.90 Å². The summed E-state index contributed by atoms with van der Waals surface area (Å²) in [5.41, 5.74) is 0.851. The molecule has 1 aromatic rings. The highest BCUT2D eigenvalue weighted by Crippen LogP contribution is 2.38. The smallest absolute Gasteiger partial charge is 0.0681 e. The Bertz CT molecular complexity index is 446. The first-order valence-electron chi connectivity index (χ1n) is 8.15. The molecule has 2 aliphatic heterocycles. The van der Waals surface area contributed by atoms with Crippen LogP contribution < -0.4 is 0 Å². The van der Waals surface area contributed by atoms with E-state index in [0.717, 1.165) is 39.0 Å². The van der Waals surface area contributed by atoms with Crippen LogP contribution in [0.3, 0.4) is 0 Å². The van der Waals surface area contributed by atoms with Gasteiger partial charge in [0.15, 0.2) is 0 Å². The maximum Gasteiger partial charge on any atom is 0.0681 e. The van der Waals surface area contributed by atoms with Gasteiger partial charge in [0.2, 0.25) is 0 Å². The summed E-state index contributed by atoms with van der Waals surface area (Å²) < 4.78 is 5.75. The molecule has 1 N–H and O–H groups in total. The maximum atomic E-state index is 10.9. The summed E-state index contributed by atoms with van der Waals surface area (Å²) in [5, 5.41) is 10.9. The molecule has 0 radical (unpaired) electrons. The van der Waals surface area contributed by atoms with Crippen molar-refractivity contribution in [2.45, 2.75) is 57.3 Å². The van der Waals surface area contributed by atoms with Crippen molar-refractivity contribution in [3.63, 3.8) is 0 Å². The van der Waals surface area contributed by atoms with Crippen molar-refractivity contribution in [3.8, 4) is 0 Å². The third-order valence-electron chi connectivity index (χ3n) is 4.79. The first-order valence-corrected chi connectivity index (χ1v) is 8.15. The fourth-order valence-corrected chi connectivity index (χ4v) is 4.12. The molecule has 116 valence electrons. The van der Waals surface area contributed by atoms with Crippen LogP contribution in [0.4, 0.5) is 0 Å². The average Bonchev–Trinajstić information content (AvgIpc) is 2.40. The van der Waals surface area contributed by atoms with E-state index in [1.54, 1.807) is 0 Å².